The molecule has 0 atom stereocenters. The van der Waals surface area contributed by atoms with E-state index in [1.54, 1.807) is 0 Å². The molecule has 0 heterocycles. The molecule has 1 heteroatoms. The molecule has 1 aromatic rings. The molecule has 0 radical (unpaired) electrons. The molecule has 0 unspecified atom stereocenters. The zero-order valence-electron chi connectivity index (χ0n) is 10.9. The van der Waals surface area contributed by atoms with Crippen LogP contribution in [0.4, 0.5) is 0 Å². The molecular formula is C15H23Cl. The van der Waals surface area contributed by atoms with Crippen molar-refractivity contribution < 1.29 is 0 Å². The van der Waals surface area contributed by atoms with Crippen molar-refractivity contribution in [3.05, 3.63) is 34.9 Å². The molecule has 0 aliphatic carbocycles. The highest BCUT2D eigenvalue weighted by Crippen LogP contribution is 2.33. The number of alkyl halides is 1. The van der Waals surface area contributed by atoms with E-state index in [0.29, 0.717) is 0 Å². The summed E-state index contributed by atoms with van der Waals surface area (Å²) in [6.45, 7) is 8.84. The molecule has 0 aromatic heterocycles. The second kappa shape index (κ2) is 5.72. The quantitative estimate of drug-likeness (QED) is 0.641. The standard InChI is InChI=1S/C15H23Cl/c1-5-15(6-2,11-16)10-14-9-12(3)7-8-13(14)4/h7-9H,5-6,10-11H2,1-4H3. The lowest BCUT2D eigenvalue weighted by Crippen LogP contribution is -2.24. The summed E-state index contributed by atoms with van der Waals surface area (Å²) in [5.41, 5.74) is 4.47. The molecule has 0 spiro atoms. The molecule has 0 nitrogen and oxygen atoms in total. The monoisotopic (exact) mass is 238 g/mol. The summed E-state index contributed by atoms with van der Waals surface area (Å²) in [7, 11) is 0. The van der Waals surface area contributed by atoms with Crippen LogP contribution in [0.25, 0.3) is 0 Å². The first-order chi connectivity index (χ1) is 7.56. The minimum absolute atomic E-state index is 0.278. The van der Waals surface area contributed by atoms with Gasteiger partial charge in [0.15, 0.2) is 0 Å². The molecule has 0 saturated heterocycles. The number of rotatable bonds is 5. The van der Waals surface area contributed by atoms with E-state index in [1.807, 2.05) is 0 Å². The highest BCUT2D eigenvalue weighted by atomic mass is 35.5. The summed E-state index contributed by atoms with van der Waals surface area (Å²) in [5.74, 6) is 0.757. The fourth-order valence-corrected chi connectivity index (χ4v) is 2.60. The average molecular weight is 239 g/mol. The zero-order valence-corrected chi connectivity index (χ0v) is 11.7. The summed E-state index contributed by atoms with van der Waals surface area (Å²) < 4.78 is 0. The van der Waals surface area contributed by atoms with Gasteiger partial charge in [0.1, 0.15) is 0 Å². The van der Waals surface area contributed by atoms with Crippen LogP contribution in [0.3, 0.4) is 0 Å². The van der Waals surface area contributed by atoms with Crippen LogP contribution in [-0.4, -0.2) is 5.88 Å². The third kappa shape index (κ3) is 3.01. The Labute approximate surface area is 105 Å². The van der Waals surface area contributed by atoms with Crippen molar-refractivity contribution in [2.75, 3.05) is 5.88 Å². The van der Waals surface area contributed by atoms with Crippen molar-refractivity contribution in [2.24, 2.45) is 5.41 Å². The van der Waals surface area contributed by atoms with Gasteiger partial charge in [-0.15, -0.1) is 11.6 Å². The predicted molar refractivity (Wildman–Crippen MR) is 73.4 cm³/mol. The van der Waals surface area contributed by atoms with Crippen LogP contribution in [0.2, 0.25) is 0 Å². The molecule has 0 aliphatic heterocycles. The van der Waals surface area contributed by atoms with Gasteiger partial charge in [-0.3, -0.25) is 0 Å². The van der Waals surface area contributed by atoms with Crippen LogP contribution in [0.1, 0.15) is 43.4 Å². The van der Waals surface area contributed by atoms with Crippen molar-refractivity contribution in [3.8, 4) is 0 Å². The second-order valence-corrected chi connectivity index (χ2v) is 5.21. The summed E-state index contributed by atoms with van der Waals surface area (Å²) in [6.07, 6.45) is 3.41. The summed E-state index contributed by atoms with van der Waals surface area (Å²) in [6, 6.07) is 6.70. The molecule has 0 amide bonds. The Hall–Kier alpha value is -0.490. The number of aryl methyl sites for hydroxylation is 2. The Morgan fingerprint density at radius 3 is 2.25 bits per heavy atom. The van der Waals surface area contributed by atoms with Crippen LogP contribution >= 0.6 is 11.6 Å². The van der Waals surface area contributed by atoms with Gasteiger partial charge in [0.25, 0.3) is 0 Å². The number of benzene rings is 1. The van der Waals surface area contributed by atoms with Crippen molar-refractivity contribution in [1.82, 2.24) is 0 Å². The maximum atomic E-state index is 6.17. The molecule has 0 fully saturated rings. The third-order valence-corrected chi connectivity index (χ3v) is 4.42. The fourth-order valence-electron chi connectivity index (χ4n) is 2.13. The lowest BCUT2D eigenvalue weighted by atomic mass is 9.77. The van der Waals surface area contributed by atoms with Gasteiger partial charge >= 0.3 is 0 Å². The van der Waals surface area contributed by atoms with Crippen LogP contribution in [0, 0.1) is 19.3 Å². The topological polar surface area (TPSA) is 0 Å². The van der Waals surface area contributed by atoms with Gasteiger partial charge < -0.3 is 0 Å². The SMILES string of the molecule is CCC(CC)(CCl)Cc1cc(C)ccc1C. The first-order valence-corrected chi connectivity index (χ1v) is 6.72. The minimum Gasteiger partial charge on any atom is -0.126 e. The lowest BCUT2D eigenvalue weighted by Gasteiger charge is -2.30. The van der Waals surface area contributed by atoms with E-state index >= 15 is 0 Å². The lowest BCUT2D eigenvalue weighted by molar-refractivity contribution is 0.301. The van der Waals surface area contributed by atoms with Gasteiger partial charge in [0.2, 0.25) is 0 Å². The Balaban J connectivity index is 2.97. The Kier molecular flexibility index (Phi) is 4.86. The number of halogens is 1. The van der Waals surface area contributed by atoms with E-state index < -0.39 is 0 Å². The van der Waals surface area contributed by atoms with Crippen molar-refractivity contribution in [1.29, 1.82) is 0 Å². The van der Waals surface area contributed by atoms with E-state index in [-0.39, 0.29) is 5.41 Å². The Morgan fingerprint density at radius 2 is 1.75 bits per heavy atom. The van der Waals surface area contributed by atoms with Crippen molar-refractivity contribution in [2.45, 2.75) is 47.0 Å². The van der Waals surface area contributed by atoms with Crippen LogP contribution in [0.5, 0.6) is 0 Å². The van der Waals surface area contributed by atoms with Gasteiger partial charge in [-0.05, 0) is 49.7 Å². The van der Waals surface area contributed by atoms with Gasteiger partial charge in [-0.1, -0.05) is 37.6 Å². The molecular weight excluding hydrogens is 216 g/mol. The summed E-state index contributed by atoms with van der Waals surface area (Å²) >= 11 is 6.17. The first-order valence-electron chi connectivity index (χ1n) is 6.19. The van der Waals surface area contributed by atoms with E-state index in [1.165, 1.54) is 16.7 Å². The zero-order chi connectivity index (χ0) is 12.2. The minimum atomic E-state index is 0.278. The normalized spacial score (nSPS) is 11.8. The molecule has 0 N–H and O–H groups in total. The predicted octanol–water partition coefficient (Wildman–Crippen LogP) is 4.89. The Morgan fingerprint density at radius 1 is 1.12 bits per heavy atom. The average Bonchev–Trinajstić information content (AvgIpc) is 2.31. The molecule has 90 valence electrons. The maximum Gasteiger partial charge on any atom is 0.0282 e. The largest absolute Gasteiger partial charge is 0.126 e. The van der Waals surface area contributed by atoms with Gasteiger partial charge in [-0.2, -0.15) is 0 Å². The molecule has 16 heavy (non-hydrogen) atoms. The molecule has 1 rings (SSSR count). The van der Waals surface area contributed by atoms with E-state index in [2.05, 4.69) is 45.9 Å². The Bertz CT molecular complexity index is 329. The van der Waals surface area contributed by atoms with Crippen LogP contribution < -0.4 is 0 Å². The van der Waals surface area contributed by atoms with Crippen LogP contribution in [-0.2, 0) is 6.42 Å². The van der Waals surface area contributed by atoms with Crippen molar-refractivity contribution >= 4 is 11.6 Å². The third-order valence-electron chi connectivity index (χ3n) is 3.85. The summed E-state index contributed by atoms with van der Waals surface area (Å²) in [4.78, 5) is 0. The van der Waals surface area contributed by atoms with Crippen molar-refractivity contribution in [3.63, 3.8) is 0 Å². The van der Waals surface area contributed by atoms with E-state index in [4.69, 9.17) is 11.6 Å². The van der Waals surface area contributed by atoms with E-state index in [0.717, 1.165) is 25.1 Å². The van der Waals surface area contributed by atoms with Gasteiger partial charge in [0.05, 0.1) is 0 Å². The highest BCUT2D eigenvalue weighted by molar-refractivity contribution is 6.18. The number of hydrogen-bond acceptors (Lipinski definition) is 0. The molecule has 0 saturated carbocycles. The molecule has 1 aromatic carbocycles. The van der Waals surface area contributed by atoms with Gasteiger partial charge in [-0.25, -0.2) is 0 Å². The van der Waals surface area contributed by atoms with E-state index in [9.17, 15) is 0 Å². The fraction of sp³-hybridized carbons (Fsp3) is 0.600. The maximum absolute atomic E-state index is 6.17. The van der Waals surface area contributed by atoms with Gasteiger partial charge in [0, 0.05) is 5.88 Å². The smallest absolute Gasteiger partial charge is 0.0282 e. The molecule has 0 bridgehead atoms. The first kappa shape index (κ1) is 13.6. The number of hydrogen-bond donors (Lipinski definition) is 0. The second-order valence-electron chi connectivity index (χ2n) is 4.95. The summed E-state index contributed by atoms with van der Waals surface area (Å²) in [5, 5.41) is 0. The van der Waals surface area contributed by atoms with Crippen LogP contribution in [0.15, 0.2) is 18.2 Å². The molecule has 0 aliphatic rings. The highest BCUT2D eigenvalue weighted by Gasteiger charge is 2.25.